The Kier molecular flexibility index (Phi) is 12.1. The van der Waals surface area contributed by atoms with Crippen LogP contribution in [0.5, 0.6) is 0 Å². The Morgan fingerprint density at radius 2 is 1.73 bits per heavy atom. The molecular formula is C34H45ClF4N2O3. The van der Waals surface area contributed by atoms with Crippen LogP contribution < -0.4 is 0 Å². The van der Waals surface area contributed by atoms with Gasteiger partial charge in [-0.1, -0.05) is 30.2 Å². The normalized spacial score (nSPS) is 21.4. The fraction of sp³-hybridized carbons (Fsp3) is 0.618. The van der Waals surface area contributed by atoms with E-state index in [0.717, 1.165) is 31.6 Å². The minimum atomic E-state index is -4.70. The third-order valence-electron chi connectivity index (χ3n) is 9.59. The molecule has 0 amide bonds. The lowest BCUT2D eigenvalue weighted by molar-refractivity contribution is -0.345. The summed E-state index contributed by atoms with van der Waals surface area (Å²) in [6.45, 7) is 7.34. The minimum Gasteiger partial charge on any atom is -0.480 e. The summed E-state index contributed by atoms with van der Waals surface area (Å²) in [6.07, 6.45) is 0.740. The third kappa shape index (κ3) is 9.18. The molecule has 0 unspecified atom stereocenters. The van der Waals surface area contributed by atoms with E-state index in [4.69, 9.17) is 11.6 Å². The molecule has 1 aliphatic heterocycles. The molecule has 44 heavy (non-hydrogen) atoms. The highest BCUT2D eigenvalue weighted by atomic mass is 35.5. The summed E-state index contributed by atoms with van der Waals surface area (Å²) in [7, 11) is 1.78. The van der Waals surface area contributed by atoms with Gasteiger partial charge in [-0.3, -0.25) is 14.4 Å². The monoisotopic (exact) mass is 640 g/mol. The fourth-order valence-corrected chi connectivity index (χ4v) is 7.42. The Hall–Kier alpha value is -2.20. The summed E-state index contributed by atoms with van der Waals surface area (Å²) < 4.78 is 57.5. The van der Waals surface area contributed by atoms with Crippen LogP contribution in [-0.4, -0.2) is 66.6 Å². The van der Waals surface area contributed by atoms with Crippen molar-refractivity contribution in [2.24, 2.45) is 0 Å². The second kappa shape index (κ2) is 15.4. The lowest BCUT2D eigenvalue weighted by Crippen LogP contribution is -2.35. The van der Waals surface area contributed by atoms with Gasteiger partial charge in [0.15, 0.2) is 0 Å². The lowest BCUT2D eigenvalue weighted by Gasteiger charge is -2.34. The van der Waals surface area contributed by atoms with Crippen LogP contribution in [0.2, 0.25) is 5.02 Å². The number of aryl methyl sites for hydroxylation is 1. The number of alkyl halides is 3. The summed E-state index contributed by atoms with van der Waals surface area (Å²) in [6, 6.07) is 7.74. The van der Waals surface area contributed by atoms with E-state index in [2.05, 4.69) is 16.6 Å². The van der Waals surface area contributed by atoms with E-state index in [1.165, 1.54) is 30.9 Å². The molecule has 244 valence electrons. The summed E-state index contributed by atoms with van der Waals surface area (Å²) >= 11 is 6.41. The number of hydrogen-bond acceptors (Lipinski definition) is 4. The zero-order valence-corrected chi connectivity index (χ0v) is 26.7. The number of ether oxygens (including phenoxy) is 1. The number of likely N-dealkylation sites (tertiary alicyclic amines) is 1. The molecule has 10 heteroatoms. The van der Waals surface area contributed by atoms with Crippen molar-refractivity contribution >= 4 is 17.6 Å². The first kappa shape index (κ1) is 34.7. The van der Waals surface area contributed by atoms with Crippen molar-refractivity contribution in [1.29, 1.82) is 0 Å². The van der Waals surface area contributed by atoms with Gasteiger partial charge >= 0.3 is 12.3 Å². The van der Waals surface area contributed by atoms with Gasteiger partial charge in [0.1, 0.15) is 11.9 Å². The van der Waals surface area contributed by atoms with E-state index in [-0.39, 0.29) is 24.7 Å². The van der Waals surface area contributed by atoms with Crippen molar-refractivity contribution in [1.82, 2.24) is 9.80 Å². The summed E-state index contributed by atoms with van der Waals surface area (Å²) in [5, 5.41) is 11.2. The highest BCUT2D eigenvalue weighted by molar-refractivity contribution is 6.30. The van der Waals surface area contributed by atoms with Crippen molar-refractivity contribution in [3.63, 3.8) is 0 Å². The van der Waals surface area contributed by atoms with Crippen LogP contribution in [0.3, 0.4) is 0 Å². The van der Waals surface area contributed by atoms with Gasteiger partial charge in [-0.25, -0.2) is 4.39 Å². The minimum absolute atomic E-state index is 0.171. The maximum Gasteiger partial charge on any atom is 0.522 e. The highest BCUT2D eigenvalue weighted by Crippen LogP contribution is 2.42. The molecule has 4 rings (SSSR count). The summed E-state index contributed by atoms with van der Waals surface area (Å²) in [5.74, 6) is -1.57. The predicted octanol–water partition coefficient (Wildman–Crippen LogP) is 8.77. The second-order valence-corrected chi connectivity index (χ2v) is 13.0. The van der Waals surface area contributed by atoms with Gasteiger partial charge in [0.2, 0.25) is 0 Å². The molecular weight excluding hydrogens is 596 g/mol. The molecule has 2 fully saturated rings. The Morgan fingerprint density at radius 1 is 1.05 bits per heavy atom. The molecule has 5 nitrogen and oxygen atoms in total. The van der Waals surface area contributed by atoms with E-state index in [1.807, 2.05) is 23.1 Å². The summed E-state index contributed by atoms with van der Waals surface area (Å²) in [4.78, 5) is 17.1. The topological polar surface area (TPSA) is 53.0 Å². The zero-order chi connectivity index (χ0) is 32.0. The Labute approximate surface area is 263 Å². The van der Waals surface area contributed by atoms with Crippen LogP contribution in [0, 0.1) is 19.7 Å². The van der Waals surface area contributed by atoms with Crippen LogP contribution in [0.1, 0.15) is 103 Å². The van der Waals surface area contributed by atoms with Gasteiger partial charge in [-0.05, 0) is 156 Å². The molecule has 0 aromatic heterocycles. The number of carbonyl (C=O) groups is 1. The van der Waals surface area contributed by atoms with Crippen LogP contribution in [0.15, 0.2) is 30.3 Å². The van der Waals surface area contributed by atoms with Gasteiger partial charge in [0.25, 0.3) is 0 Å². The first-order valence-corrected chi connectivity index (χ1v) is 16.2. The molecule has 2 aliphatic rings. The van der Waals surface area contributed by atoms with Crippen molar-refractivity contribution in [3.05, 3.63) is 69.0 Å². The van der Waals surface area contributed by atoms with Crippen LogP contribution in [-0.2, 0) is 9.53 Å². The summed E-state index contributed by atoms with van der Waals surface area (Å²) in [5.41, 5.74) is 3.78. The highest BCUT2D eigenvalue weighted by Gasteiger charge is 2.37. The average Bonchev–Trinajstić information content (AvgIpc) is 2.97. The lowest BCUT2D eigenvalue weighted by atomic mass is 9.77. The molecule has 0 bridgehead atoms. The van der Waals surface area contributed by atoms with E-state index >= 15 is 0 Å². The fourth-order valence-electron chi connectivity index (χ4n) is 7.24. The second-order valence-electron chi connectivity index (χ2n) is 12.6. The molecule has 1 N–H and O–H groups in total. The largest absolute Gasteiger partial charge is 0.522 e. The Balaban J connectivity index is 1.54. The molecule has 2 atom stereocenters. The number of aliphatic carboxylic acids is 1. The maximum atomic E-state index is 14.9. The molecule has 1 heterocycles. The first-order chi connectivity index (χ1) is 20.8. The van der Waals surface area contributed by atoms with Crippen molar-refractivity contribution < 1.29 is 32.2 Å². The third-order valence-corrected chi connectivity index (χ3v) is 9.82. The smallest absolute Gasteiger partial charge is 0.480 e. The molecule has 2 aromatic carbocycles. The number of nitrogens with zero attached hydrogens (tertiary/aromatic N) is 2. The van der Waals surface area contributed by atoms with Gasteiger partial charge in [-0.15, -0.1) is 13.2 Å². The number of benzene rings is 2. The zero-order valence-electron chi connectivity index (χ0n) is 25.9. The van der Waals surface area contributed by atoms with Crippen molar-refractivity contribution in [2.45, 2.75) is 102 Å². The van der Waals surface area contributed by atoms with Crippen LogP contribution in [0.25, 0.3) is 0 Å². The van der Waals surface area contributed by atoms with Gasteiger partial charge < -0.3 is 10.0 Å². The molecule has 1 saturated carbocycles. The predicted molar refractivity (Wildman–Crippen MR) is 165 cm³/mol. The van der Waals surface area contributed by atoms with E-state index in [9.17, 15) is 27.5 Å². The number of carboxylic acid groups (broad SMARTS) is 1. The van der Waals surface area contributed by atoms with E-state index in [0.29, 0.717) is 47.5 Å². The van der Waals surface area contributed by atoms with Gasteiger partial charge in [0.05, 0.1) is 6.10 Å². The number of likely N-dealkylation sites (N-methyl/N-ethyl adjacent to an activating group) is 1. The number of piperidine rings is 1. The average molecular weight is 641 g/mol. The molecule has 1 saturated heterocycles. The number of halogens is 5. The Bertz CT molecular complexity index is 1260. The quantitative estimate of drug-likeness (QED) is 0.235. The maximum absolute atomic E-state index is 14.9. The van der Waals surface area contributed by atoms with Crippen molar-refractivity contribution in [2.75, 3.05) is 33.2 Å². The molecule has 2 aromatic rings. The first-order valence-electron chi connectivity index (χ1n) is 15.8. The standard InChI is InChI=1S/C34H45ClF4N2O3/c1-22-7-10-26(35)21-29(22)24(16-20-41-17-5-4-6-18-41)15-19-40(3)32(33(42)43)28-13-14-30(36)23(2)31(28)25-8-11-27(12-9-25)44-34(37,38)39/h7,10,13-14,21,24-25,27,32H,4-6,8-9,11-12,15-20H2,1-3H3,(H,42,43)/t24-,25?,27?,32+/m1/s1. The van der Waals surface area contributed by atoms with Gasteiger partial charge in [-0.2, -0.15) is 0 Å². The molecule has 0 spiro atoms. The molecule has 0 radical (unpaired) electrons. The van der Waals surface area contributed by atoms with Crippen LogP contribution in [0.4, 0.5) is 17.6 Å². The van der Waals surface area contributed by atoms with Gasteiger partial charge in [0, 0.05) is 5.02 Å². The van der Waals surface area contributed by atoms with E-state index in [1.54, 1.807) is 20.0 Å². The SMILES string of the molecule is Cc1ccc(Cl)cc1[C@@H](CCN1CCCCC1)CCN(C)[C@H](C(=O)O)c1ccc(F)c(C)c1C1CCC(OC(F)(F)F)CC1. The molecule has 1 aliphatic carbocycles. The Morgan fingerprint density at radius 3 is 2.36 bits per heavy atom. The number of rotatable bonds is 12. The number of hydrogen-bond donors (Lipinski definition) is 1. The van der Waals surface area contributed by atoms with Crippen molar-refractivity contribution in [3.8, 4) is 0 Å². The van der Waals surface area contributed by atoms with E-state index < -0.39 is 30.3 Å². The van der Waals surface area contributed by atoms with Crippen LogP contribution >= 0.6 is 11.6 Å². The number of carboxylic acids is 1.